The molecule has 0 spiro atoms. The number of thiazole rings is 1. The largest absolute Gasteiger partial charge is 0.447 e. The Morgan fingerprint density at radius 2 is 2.67 bits per heavy atom. The summed E-state index contributed by atoms with van der Waals surface area (Å²) in [6.07, 6.45) is -0.356. The number of ether oxygens (including phenoxy) is 1. The molecule has 1 aromatic heterocycles. The zero-order valence-corrected chi connectivity index (χ0v) is 7.35. The molecule has 0 bridgehead atoms. The minimum Gasteiger partial charge on any atom is -0.447 e. The minimum absolute atomic E-state index is 0.0533. The molecular weight excluding hydrogens is 176 g/mol. The van der Waals surface area contributed by atoms with E-state index in [1.54, 1.807) is 11.3 Å². The Labute approximate surface area is 73.6 Å². The highest BCUT2D eigenvalue weighted by Gasteiger charge is 2.25. The number of carbonyl (C=O) groups is 1. The number of hydrogen-bond acceptors (Lipinski definition) is 4. The van der Waals surface area contributed by atoms with Crippen molar-refractivity contribution in [1.29, 1.82) is 0 Å². The van der Waals surface area contributed by atoms with Crippen LogP contribution in [0.1, 0.15) is 16.7 Å². The number of aromatic nitrogens is 1. The van der Waals surface area contributed by atoms with E-state index in [0.717, 1.165) is 10.7 Å². The highest BCUT2D eigenvalue weighted by molar-refractivity contribution is 7.09. The number of nitrogens with zero attached hydrogens (tertiary/aromatic N) is 1. The first kappa shape index (κ1) is 7.54. The fraction of sp³-hybridized carbons (Fsp3) is 0.429. The quantitative estimate of drug-likeness (QED) is 0.714. The molecule has 5 heteroatoms. The summed E-state index contributed by atoms with van der Waals surface area (Å²) in [5.74, 6) is 0. The first-order chi connectivity index (χ1) is 5.75. The van der Waals surface area contributed by atoms with Crippen LogP contribution in [0.5, 0.6) is 0 Å². The van der Waals surface area contributed by atoms with Crippen LogP contribution in [0.25, 0.3) is 0 Å². The molecule has 1 aliphatic heterocycles. The second-order valence-electron chi connectivity index (χ2n) is 2.59. The second-order valence-corrected chi connectivity index (χ2v) is 3.65. The third-order valence-corrected chi connectivity index (χ3v) is 2.46. The van der Waals surface area contributed by atoms with Crippen molar-refractivity contribution in [3.05, 3.63) is 16.1 Å². The van der Waals surface area contributed by atoms with Crippen molar-refractivity contribution in [3.8, 4) is 0 Å². The Bertz CT molecular complexity index is 310. The van der Waals surface area contributed by atoms with Gasteiger partial charge < -0.3 is 10.1 Å². The van der Waals surface area contributed by atoms with E-state index in [4.69, 9.17) is 4.74 Å². The molecule has 2 rings (SSSR count). The average Bonchev–Trinajstić information content (AvgIpc) is 2.58. The predicted octanol–water partition coefficient (Wildman–Crippen LogP) is 1.23. The molecule has 0 radical (unpaired) electrons. The van der Waals surface area contributed by atoms with Gasteiger partial charge in [0.2, 0.25) is 0 Å². The molecule has 1 saturated heterocycles. The molecule has 4 nitrogen and oxygen atoms in total. The zero-order chi connectivity index (χ0) is 8.55. The molecule has 0 aliphatic carbocycles. The number of rotatable bonds is 1. The average molecular weight is 184 g/mol. The summed E-state index contributed by atoms with van der Waals surface area (Å²) in [4.78, 5) is 14.9. The molecule has 1 aliphatic rings. The molecular formula is C7H8N2O2S. The third-order valence-electron chi connectivity index (χ3n) is 1.67. The summed E-state index contributed by atoms with van der Waals surface area (Å²) in [6, 6.07) is -0.0533. The van der Waals surface area contributed by atoms with Gasteiger partial charge in [-0.3, -0.25) is 0 Å². The molecule has 1 fully saturated rings. The van der Waals surface area contributed by atoms with Crippen LogP contribution < -0.4 is 5.32 Å². The topological polar surface area (TPSA) is 51.2 Å². The molecule has 0 saturated carbocycles. The molecule has 1 aromatic rings. The van der Waals surface area contributed by atoms with Crippen LogP contribution in [-0.4, -0.2) is 17.7 Å². The van der Waals surface area contributed by atoms with Crippen molar-refractivity contribution in [2.45, 2.75) is 13.0 Å². The number of hydrogen-bond donors (Lipinski definition) is 1. The van der Waals surface area contributed by atoms with Crippen molar-refractivity contribution in [3.63, 3.8) is 0 Å². The number of nitrogens with one attached hydrogen (secondary N) is 1. The minimum atomic E-state index is -0.356. The lowest BCUT2D eigenvalue weighted by molar-refractivity contribution is 0.177. The van der Waals surface area contributed by atoms with Crippen molar-refractivity contribution in [2.75, 3.05) is 6.61 Å². The van der Waals surface area contributed by atoms with Gasteiger partial charge in [0.15, 0.2) is 0 Å². The zero-order valence-electron chi connectivity index (χ0n) is 6.53. The van der Waals surface area contributed by atoms with Crippen LogP contribution in [-0.2, 0) is 4.74 Å². The van der Waals surface area contributed by atoms with E-state index in [1.807, 2.05) is 12.3 Å². The monoisotopic (exact) mass is 184 g/mol. The normalized spacial score (nSPS) is 22.1. The highest BCUT2D eigenvalue weighted by Crippen LogP contribution is 2.19. The van der Waals surface area contributed by atoms with E-state index in [1.165, 1.54) is 0 Å². The summed E-state index contributed by atoms with van der Waals surface area (Å²) in [5.41, 5.74) is 0.892. The first-order valence-electron chi connectivity index (χ1n) is 3.61. The van der Waals surface area contributed by atoms with E-state index >= 15 is 0 Å². The van der Waals surface area contributed by atoms with E-state index in [-0.39, 0.29) is 12.1 Å². The third kappa shape index (κ3) is 1.27. The van der Waals surface area contributed by atoms with Gasteiger partial charge in [-0.05, 0) is 6.92 Å². The standard InChI is InChI=1S/C7H8N2O2S/c1-4-8-6(3-12-4)5-2-11-7(10)9-5/h3,5H,2H2,1H3,(H,9,10). The van der Waals surface area contributed by atoms with Crippen LogP contribution in [0.15, 0.2) is 5.38 Å². The molecule has 1 N–H and O–H groups in total. The molecule has 1 unspecified atom stereocenters. The van der Waals surface area contributed by atoms with Crippen LogP contribution in [0, 0.1) is 6.92 Å². The maximum Gasteiger partial charge on any atom is 0.407 e. The van der Waals surface area contributed by atoms with Gasteiger partial charge in [-0.25, -0.2) is 9.78 Å². The number of carbonyl (C=O) groups excluding carboxylic acids is 1. The number of aryl methyl sites for hydroxylation is 1. The lowest BCUT2D eigenvalue weighted by atomic mass is 10.2. The SMILES string of the molecule is Cc1nc(C2COC(=O)N2)cs1. The fourth-order valence-corrected chi connectivity index (χ4v) is 1.75. The van der Waals surface area contributed by atoms with Crippen LogP contribution in [0.3, 0.4) is 0 Å². The van der Waals surface area contributed by atoms with Crippen LogP contribution in [0.2, 0.25) is 0 Å². The number of cyclic esters (lactones) is 1. The lowest BCUT2D eigenvalue weighted by Gasteiger charge is -2.00. The van der Waals surface area contributed by atoms with Gasteiger partial charge in [0.25, 0.3) is 0 Å². The summed E-state index contributed by atoms with van der Waals surface area (Å²) < 4.78 is 4.74. The van der Waals surface area contributed by atoms with E-state index in [2.05, 4.69) is 10.3 Å². The van der Waals surface area contributed by atoms with Gasteiger partial charge in [0, 0.05) is 5.38 Å². The van der Waals surface area contributed by atoms with E-state index in [9.17, 15) is 4.79 Å². The maximum atomic E-state index is 10.7. The summed E-state index contributed by atoms with van der Waals surface area (Å²) in [5, 5.41) is 5.61. The maximum absolute atomic E-state index is 10.7. The predicted molar refractivity (Wildman–Crippen MR) is 44.1 cm³/mol. The Balaban J connectivity index is 2.15. The highest BCUT2D eigenvalue weighted by atomic mass is 32.1. The lowest BCUT2D eigenvalue weighted by Crippen LogP contribution is -2.18. The Hall–Kier alpha value is -1.10. The molecule has 12 heavy (non-hydrogen) atoms. The summed E-state index contributed by atoms with van der Waals surface area (Å²) >= 11 is 1.57. The Morgan fingerprint density at radius 1 is 1.83 bits per heavy atom. The van der Waals surface area contributed by atoms with Gasteiger partial charge in [0.05, 0.1) is 10.7 Å². The summed E-state index contributed by atoms with van der Waals surface area (Å²) in [7, 11) is 0. The number of alkyl carbamates (subject to hydrolysis) is 1. The van der Waals surface area contributed by atoms with Gasteiger partial charge in [0.1, 0.15) is 12.6 Å². The van der Waals surface area contributed by atoms with Gasteiger partial charge in [-0.15, -0.1) is 11.3 Å². The van der Waals surface area contributed by atoms with Gasteiger partial charge >= 0.3 is 6.09 Å². The van der Waals surface area contributed by atoms with Crippen LogP contribution in [0.4, 0.5) is 4.79 Å². The van der Waals surface area contributed by atoms with Crippen molar-refractivity contribution < 1.29 is 9.53 Å². The van der Waals surface area contributed by atoms with E-state index in [0.29, 0.717) is 6.61 Å². The Kier molecular flexibility index (Phi) is 1.73. The second kappa shape index (κ2) is 2.75. The van der Waals surface area contributed by atoms with Gasteiger partial charge in [-0.1, -0.05) is 0 Å². The van der Waals surface area contributed by atoms with Gasteiger partial charge in [-0.2, -0.15) is 0 Å². The molecule has 0 aromatic carbocycles. The fourth-order valence-electron chi connectivity index (χ4n) is 1.08. The molecule has 1 atom stereocenters. The molecule has 64 valence electrons. The van der Waals surface area contributed by atoms with Crippen LogP contribution >= 0.6 is 11.3 Å². The van der Waals surface area contributed by atoms with E-state index < -0.39 is 0 Å². The van der Waals surface area contributed by atoms with Crippen molar-refractivity contribution in [2.24, 2.45) is 0 Å². The molecule has 1 amide bonds. The number of amides is 1. The van der Waals surface area contributed by atoms with Crippen molar-refractivity contribution in [1.82, 2.24) is 10.3 Å². The smallest absolute Gasteiger partial charge is 0.407 e. The summed E-state index contributed by atoms with van der Waals surface area (Å²) in [6.45, 7) is 2.33. The van der Waals surface area contributed by atoms with Crippen molar-refractivity contribution >= 4 is 17.4 Å². The molecule has 2 heterocycles. The Morgan fingerprint density at radius 3 is 3.17 bits per heavy atom. The first-order valence-corrected chi connectivity index (χ1v) is 4.49.